The van der Waals surface area contributed by atoms with Gasteiger partial charge in [-0.3, -0.25) is 4.79 Å². The molecule has 0 unspecified atom stereocenters. The van der Waals surface area contributed by atoms with Crippen LogP contribution in [0.4, 0.5) is 0 Å². The smallest absolute Gasteiger partial charge is 0.303 e. The van der Waals surface area contributed by atoms with Crippen molar-refractivity contribution < 1.29 is 19.1 Å². The summed E-state index contributed by atoms with van der Waals surface area (Å²) < 4.78 is 10.3. The highest BCUT2D eigenvalue weighted by Gasteiger charge is 1.97. The third-order valence-electron chi connectivity index (χ3n) is 1.75. The molecule has 0 aliphatic heterocycles. The Kier molecular flexibility index (Phi) is 4.78. The van der Waals surface area contributed by atoms with Crippen molar-refractivity contribution in [2.45, 2.75) is 25.9 Å². The highest BCUT2D eigenvalue weighted by atomic mass is 16.5. The van der Waals surface area contributed by atoms with Gasteiger partial charge in [0.2, 0.25) is 0 Å². The molecule has 0 saturated carbocycles. The molecule has 0 atom stereocenters. The molecule has 4 nitrogen and oxygen atoms in total. The molecule has 4 heteroatoms. The van der Waals surface area contributed by atoms with E-state index in [1.54, 1.807) is 6.26 Å². The van der Waals surface area contributed by atoms with E-state index in [0.29, 0.717) is 19.6 Å². The van der Waals surface area contributed by atoms with Crippen LogP contribution in [-0.4, -0.2) is 17.7 Å². The average Bonchev–Trinajstić information content (AvgIpc) is 2.63. The summed E-state index contributed by atoms with van der Waals surface area (Å²) in [6.45, 7) is 1.04. The van der Waals surface area contributed by atoms with Crippen LogP contribution in [0.2, 0.25) is 0 Å². The van der Waals surface area contributed by atoms with Crippen LogP contribution in [0.5, 0.6) is 0 Å². The fourth-order valence-corrected chi connectivity index (χ4v) is 1.05. The van der Waals surface area contributed by atoms with Crippen molar-refractivity contribution >= 4 is 5.97 Å². The van der Waals surface area contributed by atoms with Gasteiger partial charge in [-0.25, -0.2) is 0 Å². The maximum atomic E-state index is 10.2. The van der Waals surface area contributed by atoms with Gasteiger partial charge in [-0.05, 0) is 25.0 Å². The zero-order chi connectivity index (χ0) is 10.2. The van der Waals surface area contributed by atoms with Crippen molar-refractivity contribution in [3.05, 3.63) is 24.2 Å². The molecule has 1 aromatic rings. The maximum Gasteiger partial charge on any atom is 0.303 e. The normalized spacial score (nSPS) is 10.3. The minimum atomic E-state index is -0.754. The van der Waals surface area contributed by atoms with E-state index in [4.69, 9.17) is 14.3 Å². The minimum absolute atomic E-state index is 0.212. The van der Waals surface area contributed by atoms with E-state index < -0.39 is 5.97 Å². The van der Waals surface area contributed by atoms with Gasteiger partial charge in [0.1, 0.15) is 12.4 Å². The van der Waals surface area contributed by atoms with Crippen LogP contribution in [0.25, 0.3) is 0 Å². The molecule has 0 spiro atoms. The van der Waals surface area contributed by atoms with Gasteiger partial charge >= 0.3 is 5.97 Å². The molecular formula is C10H14O4. The van der Waals surface area contributed by atoms with Crippen molar-refractivity contribution in [2.75, 3.05) is 6.61 Å². The monoisotopic (exact) mass is 198 g/mol. The number of furan rings is 1. The Labute approximate surface area is 82.5 Å². The number of hydrogen-bond acceptors (Lipinski definition) is 3. The van der Waals surface area contributed by atoms with Crippen molar-refractivity contribution in [1.82, 2.24) is 0 Å². The lowest BCUT2D eigenvalue weighted by Gasteiger charge is -2.00. The Morgan fingerprint density at radius 2 is 2.36 bits per heavy atom. The molecule has 1 N–H and O–H groups in total. The summed E-state index contributed by atoms with van der Waals surface area (Å²) in [4.78, 5) is 10.2. The van der Waals surface area contributed by atoms with Gasteiger partial charge in [-0.15, -0.1) is 0 Å². The van der Waals surface area contributed by atoms with Gasteiger partial charge in [0.05, 0.1) is 6.26 Å². The Hall–Kier alpha value is -1.29. The summed E-state index contributed by atoms with van der Waals surface area (Å²) in [5.41, 5.74) is 0. The third kappa shape index (κ3) is 4.67. The SMILES string of the molecule is O=C(O)CCCCOCc1ccco1. The highest BCUT2D eigenvalue weighted by molar-refractivity contribution is 5.66. The third-order valence-corrected chi connectivity index (χ3v) is 1.75. The van der Waals surface area contributed by atoms with E-state index >= 15 is 0 Å². The zero-order valence-corrected chi connectivity index (χ0v) is 7.94. The molecule has 0 bridgehead atoms. The van der Waals surface area contributed by atoms with Gasteiger partial charge in [0, 0.05) is 13.0 Å². The van der Waals surface area contributed by atoms with E-state index in [0.717, 1.165) is 12.2 Å². The number of carbonyl (C=O) groups is 1. The predicted octanol–water partition coefficient (Wildman–Crippen LogP) is 2.05. The zero-order valence-electron chi connectivity index (χ0n) is 7.94. The van der Waals surface area contributed by atoms with Gasteiger partial charge in [0.25, 0.3) is 0 Å². The largest absolute Gasteiger partial charge is 0.481 e. The van der Waals surface area contributed by atoms with Crippen molar-refractivity contribution in [2.24, 2.45) is 0 Å². The number of rotatable bonds is 7. The van der Waals surface area contributed by atoms with Crippen LogP contribution in [0.15, 0.2) is 22.8 Å². The standard InChI is InChI=1S/C10H14O4/c11-10(12)5-1-2-6-13-8-9-4-3-7-14-9/h3-4,7H,1-2,5-6,8H2,(H,11,12). The van der Waals surface area contributed by atoms with Crippen LogP contribution < -0.4 is 0 Å². The van der Waals surface area contributed by atoms with Crippen LogP contribution in [-0.2, 0) is 16.1 Å². The van der Waals surface area contributed by atoms with Crippen molar-refractivity contribution in [3.8, 4) is 0 Å². The summed E-state index contributed by atoms with van der Waals surface area (Å²) in [6.07, 6.45) is 3.24. The fraction of sp³-hybridized carbons (Fsp3) is 0.500. The number of aliphatic carboxylic acids is 1. The molecular weight excluding hydrogens is 184 g/mol. The summed E-state index contributed by atoms with van der Waals surface area (Å²) in [5, 5.41) is 8.36. The summed E-state index contributed by atoms with van der Waals surface area (Å²) in [5.74, 6) is 0.0410. The first kappa shape index (κ1) is 10.8. The lowest BCUT2D eigenvalue weighted by Crippen LogP contribution is -1.98. The first-order valence-corrected chi connectivity index (χ1v) is 4.61. The summed E-state index contributed by atoms with van der Waals surface area (Å²) in [6, 6.07) is 3.65. The van der Waals surface area contributed by atoms with E-state index in [1.165, 1.54) is 0 Å². The molecule has 78 valence electrons. The first-order chi connectivity index (χ1) is 6.79. The molecule has 14 heavy (non-hydrogen) atoms. The molecule has 1 rings (SSSR count). The van der Waals surface area contributed by atoms with E-state index in [9.17, 15) is 4.79 Å². The quantitative estimate of drug-likeness (QED) is 0.681. The Balaban J connectivity index is 1.92. The van der Waals surface area contributed by atoms with Crippen LogP contribution in [0, 0.1) is 0 Å². The van der Waals surface area contributed by atoms with Crippen LogP contribution in [0.1, 0.15) is 25.0 Å². The van der Waals surface area contributed by atoms with E-state index in [-0.39, 0.29) is 6.42 Å². The first-order valence-electron chi connectivity index (χ1n) is 4.61. The Morgan fingerprint density at radius 1 is 1.50 bits per heavy atom. The fourth-order valence-electron chi connectivity index (χ4n) is 1.05. The molecule has 0 aliphatic rings. The molecule has 1 heterocycles. The van der Waals surface area contributed by atoms with Crippen LogP contribution >= 0.6 is 0 Å². The Morgan fingerprint density at radius 3 is 3.00 bits per heavy atom. The molecule has 0 saturated heterocycles. The Bertz CT molecular complexity index is 253. The van der Waals surface area contributed by atoms with E-state index in [2.05, 4.69) is 0 Å². The predicted molar refractivity (Wildman–Crippen MR) is 49.9 cm³/mol. The van der Waals surface area contributed by atoms with Crippen molar-refractivity contribution in [1.29, 1.82) is 0 Å². The number of ether oxygens (including phenoxy) is 1. The lowest BCUT2D eigenvalue weighted by atomic mass is 10.2. The molecule has 0 aromatic carbocycles. The van der Waals surface area contributed by atoms with Gasteiger partial charge in [0.15, 0.2) is 0 Å². The van der Waals surface area contributed by atoms with Gasteiger partial charge < -0.3 is 14.3 Å². The molecule has 0 amide bonds. The van der Waals surface area contributed by atoms with Gasteiger partial charge in [-0.1, -0.05) is 0 Å². The number of carboxylic acid groups (broad SMARTS) is 1. The second-order valence-corrected chi connectivity index (χ2v) is 2.98. The number of unbranched alkanes of at least 4 members (excludes halogenated alkanes) is 1. The summed E-state index contributed by atoms with van der Waals surface area (Å²) in [7, 11) is 0. The van der Waals surface area contributed by atoms with Crippen molar-refractivity contribution in [3.63, 3.8) is 0 Å². The number of carboxylic acids is 1. The highest BCUT2D eigenvalue weighted by Crippen LogP contribution is 2.03. The molecule has 1 aromatic heterocycles. The maximum absolute atomic E-state index is 10.2. The minimum Gasteiger partial charge on any atom is -0.481 e. The number of hydrogen-bond donors (Lipinski definition) is 1. The summed E-state index contributed by atoms with van der Waals surface area (Å²) >= 11 is 0. The van der Waals surface area contributed by atoms with Crippen LogP contribution in [0.3, 0.4) is 0 Å². The van der Waals surface area contributed by atoms with Gasteiger partial charge in [-0.2, -0.15) is 0 Å². The molecule has 0 aliphatic carbocycles. The second-order valence-electron chi connectivity index (χ2n) is 2.98. The topological polar surface area (TPSA) is 59.7 Å². The van der Waals surface area contributed by atoms with E-state index in [1.807, 2.05) is 12.1 Å². The molecule has 0 fully saturated rings. The lowest BCUT2D eigenvalue weighted by molar-refractivity contribution is -0.137. The second kappa shape index (κ2) is 6.21. The molecule has 0 radical (unpaired) electrons. The average molecular weight is 198 g/mol.